The number of hydrogen-bond donors (Lipinski definition) is 2. The largest absolute Gasteiger partial charge is 0.481 e. The second-order valence-corrected chi connectivity index (χ2v) is 4.24. The van der Waals surface area contributed by atoms with E-state index < -0.39 is 11.9 Å². The zero-order valence-corrected chi connectivity index (χ0v) is 10.9. The van der Waals surface area contributed by atoms with E-state index in [9.17, 15) is 9.59 Å². The Morgan fingerprint density at radius 3 is 2.47 bits per heavy atom. The summed E-state index contributed by atoms with van der Waals surface area (Å²) in [6, 6.07) is -0.390. The molecule has 0 aliphatic carbocycles. The molecule has 0 aliphatic heterocycles. The number of nitrogens with one attached hydrogen (secondary N) is 1. The first-order valence-corrected chi connectivity index (χ1v) is 6.09. The van der Waals surface area contributed by atoms with Gasteiger partial charge in [0.1, 0.15) is 6.61 Å². The molecule has 100 valence electrons. The predicted octanol–water partition coefficient (Wildman–Crippen LogP) is 1.42. The molecule has 0 radical (unpaired) electrons. The Morgan fingerprint density at radius 2 is 1.94 bits per heavy atom. The summed E-state index contributed by atoms with van der Waals surface area (Å²) in [7, 11) is 0. The molecule has 0 saturated carbocycles. The summed E-state index contributed by atoms with van der Waals surface area (Å²) in [5.41, 5.74) is 0. The second-order valence-electron chi connectivity index (χ2n) is 4.24. The van der Waals surface area contributed by atoms with E-state index in [4.69, 9.17) is 9.84 Å². The maximum atomic E-state index is 11.4. The van der Waals surface area contributed by atoms with Gasteiger partial charge < -0.3 is 15.2 Å². The molecule has 17 heavy (non-hydrogen) atoms. The van der Waals surface area contributed by atoms with Crippen molar-refractivity contribution < 1.29 is 19.4 Å². The lowest BCUT2D eigenvalue weighted by molar-refractivity contribution is -0.142. The maximum Gasteiger partial charge on any atom is 0.308 e. The highest BCUT2D eigenvalue weighted by Crippen LogP contribution is 2.02. The molecule has 0 fully saturated rings. The number of carbonyl (C=O) groups is 2. The molecule has 5 heteroatoms. The van der Waals surface area contributed by atoms with E-state index in [2.05, 4.69) is 12.2 Å². The number of unbranched alkanes of at least 4 members (excludes halogenated alkanes) is 2. The van der Waals surface area contributed by atoms with Crippen LogP contribution >= 0.6 is 0 Å². The number of amides is 1. The fraction of sp³-hybridized carbons (Fsp3) is 0.833. The highest BCUT2D eigenvalue weighted by atomic mass is 16.5. The van der Waals surface area contributed by atoms with Crippen LogP contribution in [0.1, 0.15) is 40.0 Å². The van der Waals surface area contributed by atoms with Crippen LogP contribution in [-0.2, 0) is 14.3 Å². The topological polar surface area (TPSA) is 75.6 Å². The van der Waals surface area contributed by atoms with Crippen LogP contribution in [0.25, 0.3) is 0 Å². The molecule has 2 atom stereocenters. The molecule has 0 aromatic heterocycles. The number of rotatable bonds is 9. The van der Waals surface area contributed by atoms with Crippen molar-refractivity contribution >= 4 is 11.9 Å². The minimum Gasteiger partial charge on any atom is -0.481 e. The van der Waals surface area contributed by atoms with Crippen molar-refractivity contribution in [3.8, 4) is 0 Å². The Hall–Kier alpha value is -1.10. The number of carbonyl (C=O) groups excluding carboxylic acids is 1. The molecule has 5 nitrogen and oxygen atoms in total. The van der Waals surface area contributed by atoms with Gasteiger partial charge in [-0.15, -0.1) is 0 Å². The van der Waals surface area contributed by atoms with Crippen molar-refractivity contribution in [3.63, 3.8) is 0 Å². The zero-order valence-electron chi connectivity index (χ0n) is 10.9. The summed E-state index contributed by atoms with van der Waals surface area (Å²) in [4.78, 5) is 22.1. The van der Waals surface area contributed by atoms with Gasteiger partial charge in [-0.25, -0.2) is 0 Å². The van der Waals surface area contributed by atoms with Crippen molar-refractivity contribution in [1.82, 2.24) is 5.32 Å². The highest BCUT2D eigenvalue weighted by Gasteiger charge is 2.20. The summed E-state index contributed by atoms with van der Waals surface area (Å²) >= 11 is 0. The summed E-state index contributed by atoms with van der Waals surface area (Å²) in [5, 5.41) is 11.4. The molecule has 0 rings (SSSR count). The zero-order chi connectivity index (χ0) is 13.3. The summed E-state index contributed by atoms with van der Waals surface area (Å²) in [5.74, 6) is -1.78. The first kappa shape index (κ1) is 15.9. The molecule has 0 aliphatic rings. The molecular weight excluding hydrogens is 222 g/mol. The van der Waals surface area contributed by atoms with Crippen LogP contribution < -0.4 is 5.32 Å². The fourth-order valence-corrected chi connectivity index (χ4v) is 1.25. The van der Waals surface area contributed by atoms with Crippen LogP contribution in [-0.4, -0.2) is 36.2 Å². The van der Waals surface area contributed by atoms with Gasteiger partial charge in [-0.2, -0.15) is 0 Å². The summed E-state index contributed by atoms with van der Waals surface area (Å²) in [6.45, 7) is 5.91. The Bertz CT molecular complexity index is 243. The third-order valence-electron chi connectivity index (χ3n) is 2.65. The number of ether oxygens (including phenoxy) is 1. The summed E-state index contributed by atoms with van der Waals surface area (Å²) in [6.07, 6.45) is 3.15. The van der Waals surface area contributed by atoms with E-state index in [1.165, 1.54) is 0 Å². The quantitative estimate of drug-likeness (QED) is 0.602. The molecule has 0 saturated heterocycles. The third-order valence-corrected chi connectivity index (χ3v) is 2.65. The summed E-state index contributed by atoms with van der Waals surface area (Å²) < 4.78 is 5.18. The van der Waals surface area contributed by atoms with Crippen LogP contribution in [0.5, 0.6) is 0 Å². The lowest BCUT2D eigenvalue weighted by Gasteiger charge is -2.17. The molecule has 2 N–H and O–H groups in total. The van der Waals surface area contributed by atoms with E-state index in [1.54, 1.807) is 13.8 Å². The molecule has 1 amide bonds. The third kappa shape index (κ3) is 7.74. The van der Waals surface area contributed by atoms with Gasteiger partial charge in [0.2, 0.25) is 5.91 Å². The number of carboxylic acids is 1. The van der Waals surface area contributed by atoms with Crippen LogP contribution in [0.15, 0.2) is 0 Å². The lowest BCUT2D eigenvalue weighted by Crippen LogP contribution is -2.41. The molecular formula is C12H23NO4. The molecule has 0 aromatic carbocycles. The van der Waals surface area contributed by atoms with Crippen molar-refractivity contribution in [3.05, 3.63) is 0 Å². The smallest absolute Gasteiger partial charge is 0.308 e. The van der Waals surface area contributed by atoms with Crippen molar-refractivity contribution in [2.75, 3.05) is 13.2 Å². The Kier molecular flexibility index (Phi) is 8.40. The van der Waals surface area contributed by atoms with Gasteiger partial charge in [-0.3, -0.25) is 9.59 Å². The Labute approximate surface area is 103 Å². The van der Waals surface area contributed by atoms with Gasteiger partial charge in [0, 0.05) is 12.6 Å². The van der Waals surface area contributed by atoms with Crippen LogP contribution in [0.2, 0.25) is 0 Å². The van der Waals surface area contributed by atoms with Gasteiger partial charge in [0.05, 0.1) is 5.92 Å². The van der Waals surface area contributed by atoms with Gasteiger partial charge in [-0.1, -0.05) is 19.8 Å². The highest BCUT2D eigenvalue weighted by molar-refractivity contribution is 5.78. The van der Waals surface area contributed by atoms with Gasteiger partial charge in [0.15, 0.2) is 0 Å². The number of carboxylic acid groups (broad SMARTS) is 1. The number of aliphatic carboxylic acids is 1. The fourth-order valence-electron chi connectivity index (χ4n) is 1.25. The minimum atomic E-state index is -0.915. The molecule has 0 bridgehead atoms. The SMILES string of the molecule is CCCCCOCC(=O)NC(C)C(C)C(=O)O. The van der Waals surface area contributed by atoms with Gasteiger partial charge in [-0.05, 0) is 20.3 Å². The number of hydrogen-bond acceptors (Lipinski definition) is 3. The van der Waals surface area contributed by atoms with E-state index in [1.807, 2.05) is 0 Å². The average Bonchev–Trinajstić information content (AvgIpc) is 2.27. The first-order chi connectivity index (χ1) is 7.99. The van der Waals surface area contributed by atoms with Crippen LogP contribution in [0, 0.1) is 5.92 Å². The molecule has 2 unspecified atom stereocenters. The van der Waals surface area contributed by atoms with E-state index in [0.717, 1.165) is 19.3 Å². The van der Waals surface area contributed by atoms with Crippen molar-refractivity contribution in [2.45, 2.75) is 46.1 Å². The van der Waals surface area contributed by atoms with E-state index in [-0.39, 0.29) is 18.6 Å². The van der Waals surface area contributed by atoms with Crippen molar-refractivity contribution in [1.29, 1.82) is 0 Å². The maximum absolute atomic E-state index is 11.4. The van der Waals surface area contributed by atoms with Crippen LogP contribution in [0.4, 0.5) is 0 Å². The monoisotopic (exact) mass is 245 g/mol. The van der Waals surface area contributed by atoms with Gasteiger partial charge >= 0.3 is 5.97 Å². The lowest BCUT2D eigenvalue weighted by atomic mass is 10.0. The average molecular weight is 245 g/mol. The van der Waals surface area contributed by atoms with Crippen molar-refractivity contribution in [2.24, 2.45) is 5.92 Å². The van der Waals surface area contributed by atoms with E-state index in [0.29, 0.717) is 6.61 Å². The first-order valence-electron chi connectivity index (χ1n) is 6.09. The standard InChI is InChI=1S/C12H23NO4/c1-4-5-6-7-17-8-11(14)13-10(3)9(2)12(15)16/h9-10H,4-8H2,1-3H3,(H,13,14)(H,15,16). The van der Waals surface area contributed by atoms with Crippen LogP contribution in [0.3, 0.4) is 0 Å². The van der Waals surface area contributed by atoms with E-state index >= 15 is 0 Å². The Morgan fingerprint density at radius 1 is 1.29 bits per heavy atom. The predicted molar refractivity (Wildman–Crippen MR) is 64.7 cm³/mol. The molecule has 0 aromatic rings. The molecule has 0 spiro atoms. The molecule has 0 heterocycles. The normalized spacial score (nSPS) is 14.1. The Balaban J connectivity index is 3.67. The minimum absolute atomic E-state index is 0.000390. The second kappa shape index (κ2) is 8.98. The van der Waals surface area contributed by atoms with Gasteiger partial charge in [0.25, 0.3) is 0 Å².